The Bertz CT molecular complexity index is 578. The lowest BCUT2D eigenvalue weighted by Crippen LogP contribution is -2.45. The zero-order valence-electron chi connectivity index (χ0n) is 16.3. The monoisotopic (exact) mass is 379 g/mol. The third kappa shape index (κ3) is 6.63. The molecule has 5 nitrogen and oxygen atoms in total. The summed E-state index contributed by atoms with van der Waals surface area (Å²) in [5, 5.41) is 17.4. The number of aliphatic imine (C=N–C) groups is 1. The number of nitrogens with one attached hydrogen (secondary N) is 2. The van der Waals surface area contributed by atoms with Crippen LogP contribution in [0.15, 0.2) is 23.2 Å². The summed E-state index contributed by atoms with van der Waals surface area (Å²) in [6.07, 6.45) is 5.89. The van der Waals surface area contributed by atoms with Gasteiger partial charge in [0.25, 0.3) is 0 Å². The van der Waals surface area contributed by atoms with Gasteiger partial charge in [-0.15, -0.1) is 0 Å². The highest BCUT2D eigenvalue weighted by atomic mass is 32.2. The maximum atomic E-state index is 9.69. The van der Waals surface area contributed by atoms with Gasteiger partial charge in [-0.2, -0.15) is 11.8 Å². The standard InChI is InChI=1S/C20H33N3O2S/c1-4-21-20(23-16-7-6-8-17(14-16)26-5-2)22-12-11-15-9-10-18(24)19(13-15)25-3/h9-10,13,16-17,24H,4-8,11-12,14H2,1-3H3,(H2,21,22,23). The number of aromatic hydroxyl groups is 1. The van der Waals surface area contributed by atoms with Crippen LogP contribution < -0.4 is 15.4 Å². The molecule has 1 aliphatic rings. The van der Waals surface area contributed by atoms with Gasteiger partial charge in [0.2, 0.25) is 0 Å². The lowest BCUT2D eigenvalue weighted by Gasteiger charge is -2.30. The molecule has 0 spiro atoms. The SMILES string of the molecule is CCNC(=NCCc1ccc(O)c(OC)c1)NC1CCCC(SCC)C1. The molecule has 1 aromatic rings. The molecule has 1 fully saturated rings. The summed E-state index contributed by atoms with van der Waals surface area (Å²) in [5.41, 5.74) is 1.11. The van der Waals surface area contributed by atoms with Gasteiger partial charge < -0.3 is 20.5 Å². The maximum Gasteiger partial charge on any atom is 0.191 e. The minimum atomic E-state index is 0.173. The minimum absolute atomic E-state index is 0.173. The number of guanidine groups is 1. The van der Waals surface area contributed by atoms with Crippen LogP contribution in [-0.4, -0.2) is 48.3 Å². The molecule has 1 saturated carbocycles. The molecule has 2 rings (SSSR count). The van der Waals surface area contributed by atoms with E-state index in [4.69, 9.17) is 9.73 Å². The van der Waals surface area contributed by atoms with E-state index in [0.29, 0.717) is 18.3 Å². The minimum Gasteiger partial charge on any atom is -0.504 e. The van der Waals surface area contributed by atoms with Gasteiger partial charge in [0.15, 0.2) is 17.5 Å². The predicted molar refractivity (Wildman–Crippen MR) is 112 cm³/mol. The van der Waals surface area contributed by atoms with Crippen LogP contribution in [0.4, 0.5) is 0 Å². The first kappa shape index (κ1) is 20.7. The van der Waals surface area contributed by atoms with Gasteiger partial charge in [0, 0.05) is 24.4 Å². The molecule has 0 radical (unpaired) electrons. The Morgan fingerprint density at radius 2 is 2.19 bits per heavy atom. The Labute approximate surface area is 162 Å². The fourth-order valence-corrected chi connectivity index (χ4v) is 4.52. The van der Waals surface area contributed by atoms with Gasteiger partial charge in [-0.25, -0.2) is 0 Å². The van der Waals surface area contributed by atoms with Crippen LogP contribution in [0.5, 0.6) is 11.5 Å². The lowest BCUT2D eigenvalue weighted by molar-refractivity contribution is 0.373. The number of thioether (sulfide) groups is 1. The molecule has 6 heteroatoms. The molecule has 3 N–H and O–H groups in total. The first-order chi connectivity index (χ1) is 12.7. The van der Waals surface area contributed by atoms with Gasteiger partial charge in [-0.3, -0.25) is 4.99 Å². The lowest BCUT2D eigenvalue weighted by atomic mass is 9.95. The number of methoxy groups -OCH3 is 1. The number of hydrogen-bond donors (Lipinski definition) is 3. The smallest absolute Gasteiger partial charge is 0.191 e. The van der Waals surface area contributed by atoms with E-state index in [9.17, 15) is 5.11 Å². The van der Waals surface area contributed by atoms with Crippen LogP contribution in [0.25, 0.3) is 0 Å². The molecule has 2 atom stereocenters. The van der Waals surface area contributed by atoms with Crippen molar-refractivity contribution in [3.63, 3.8) is 0 Å². The average Bonchev–Trinajstić information content (AvgIpc) is 2.64. The highest BCUT2D eigenvalue weighted by Gasteiger charge is 2.22. The number of benzene rings is 1. The third-order valence-corrected chi connectivity index (χ3v) is 5.86. The average molecular weight is 380 g/mol. The summed E-state index contributed by atoms with van der Waals surface area (Å²) in [5.74, 6) is 2.79. The molecule has 0 aliphatic heterocycles. The van der Waals surface area contributed by atoms with Crippen molar-refractivity contribution in [2.45, 2.75) is 57.2 Å². The van der Waals surface area contributed by atoms with Gasteiger partial charge in [-0.05, 0) is 56.1 Å². The zero-order valence-corrected chi connectivity index (χ0v) is 17.1. The van der Waals surface area contributed by atoms with E-state index in [1.165, 1.54) is 31.4 Å². The Kier molecular flexibility index (Phi) is 8.95. The summed E-state index contributed by atoms with van der Waals surface area (Å²) in [6, 6.07) is 5.98. The topological polar surface area (TPSA) is 65.9 Å². The van der Waals surface area contributed by atoms with Crippen molar-refractivity contribution in [2.75, 3.05) is 26.0 Å². The van der Waals surface area contributed by atoms with Crippen molar-refractivity contribution in [1.82, 2.24) is 10.6 Å². The largest absolute Gasteiger partial charge is 0.504 e. The van der Waals surface area contributed by atoms with Crippen molar-refractivity contribution < 1.29 is 9.84 Å². The van der Waals surface area contributed by atoms with E-state index in [-0.39, 0.29) is 5.75 Å². The first-order valence-corrected chi connectivity index (χ1v) is 10.7. The second-order valence-electron chi connectivity index (χ2n) is 6.60. The van der Waals surface area contributed by atoms with E-state index in [2.05, 4.69) is 36.2 Å². The quantitative estimate of drug-likeness (QED) is 0.476. The molecule has 1 aromatic carbocycles. The molecule has 2 unspecified atom stereocenters. The molecule has 0 saturated heterocycles. The van der Waals surface area contributed by atoms with E-state index in [0.717, 1.165) is 29.7 Å². The van der Waals surface area contributed by atoms with Crippen molar-refractivity contribution in [2.24, 2.45) is 4.99 Å². The van der Waals surface area contributed by atoms with Gasteiger partial charge >= 0.3 is 0 Å². The second-order valence-corrected chi connectivity index (χ2v) is 8.18. The van der Waals surface area contributed by atoms with Crippen LogP contribution in [0.3, 0.4) is 0 Å². The third-order valence-electron chi connectivity index (χ3n) is 4.63. The summed E-state index contributed by atoms with van der Waals surface area (Å²) in [7, 11) is 1.57. The molecule has 146 valence electrons. The van der Waals surface area contributed by atoms with E-state index >= 15 is 0 Å². The highest BCUT2D eigenvalue weighted by Crippen LogP contribution is 2.28. The number of phenolic OH excluding ortho intramolecular Hbond substituents is 1. The molecule has 1 aliphatic carbocycles. The molecule has 0 aromatic heterocycles. The second kappa shape index (κ2) is 11.2. The highest BCUT2D eigenvalue weighted by molar-refractivity contribution is 7.99. The van der Waals surface area contributed by atoms with Crippen molar-refractivity contribution >= 4 is 17.7 Å². The van der Waals surface area contributed by atoms with E-state index in [1.54, 1.807) is 13.2 Å². The molecule has 0 amide bonds. The number of rotatable bonds is 8. The predicted octanol–water partition coefficient (Wildman–Crippen LogP) is 3.56. The van der Waals surface area contributed by atoms with Crippen molar-refractivity contribution in [3.05, 3.63) is 23.8 Å². The van der Waals surface area contributed by atoms with Crippen LogP contribution in [0, 0.1) is 0 Å². The van der Waals surface area contributed by atoms with Crippen molar-refractivity contribution in [1.29, 1.82) is 0 Å². The number of nitrogens with zero attached hydrogens (tertiary/aromatic N) is 1. The van der Waals surface area contributed by atoms with Gasteiger partial charge in [0.05, 0.1) is 7.11 Å². The normalized spacial score (nSPS) is 20.7. The van der Waals surface area contributed by atoms with Crippen LogP contribution in [-0.2, 0) is 6.42 Å². The summed E-state index contributed by atoms with van der Waals surface area (Å²) < 4.78 is 5.17. The molecule has 0 bridgehead atoms. The van der Waals surface area contributed by atoms with Gasteiger partial charge in [0.1, 0.15) is 0 Å². The Morgan fingerprint density at radius 3 is 2.92 bits per heavy atom. The van der Waals surface area contributed by atoms with Crippen molar-refractivity contribution in [3.8, 4) is 11.5 Å². The summed E-state index contributed by atoms with van der Waals surface area (Å²) in [4.78, 5) is 4.74. The van der Waals surface area contributed by atoms with E-state index in [1.807, 2.05) is 12.1 Å². The van der Waals surface area contributed by atoms with Crippen LogP contribution >= 0.6 is 11.8 Å². The Hall–Kier alpha value is -1.56. The molecular weight excluding hydrogens is 346 g/mol. The van der Waals surface area contributed by atoms with E-state index < -0.39 is 0 Å². The van der Waals surface area contributed by atoms with Crippen LogP contribution in [0.1, 0.15) is 45.1 Å². The summed E-state index contributed by atoms with van der Waals surface area (Å²) >= 11 is 2.08. The maximum absolute atomic E-state index is 9.69. The van der Waals surface area contributed by atoms with Crippen LogP contribution in [0.2, 0.25) is 0 Å². The number of hydrogen-bond acceptors (Lipinski definition) is 4. The molecule has 0 heterocycles. The fourth-order valence-electron chi connectivity index (χ4n) is 3.35. The number of ether oxygens (including phenoxy) is 1. The summed E-state index contributed by atoms with van der Waals surface area (Å²) in [6.45, 7) is 5.89. The zero-order chi connectivity index (χ0) is 18.8. The fraction of sp³-hybridized carbons (Fsp3) is 0.650. The first-order valence-electron chi connectivity index (χ1n) is 9.68. The molecule has 26 heavy (non-hydrogen) atoms. The number of phenols is 1. The Morgan fingerprint density at radius 1 is 1.35 bits per heavy atom. The molecular formula is C20H33N3O2S. The van der Waals surface area contributed by atoms with Gasteiger partial charge in [-0.1, -0.05) is 19.4 Å². The Balaban J connectivity index is 1.89.